The third-order valence-corrected chi connectivity index (χ3v) is 30.3. The Labute approximate surface area is 780 Å². The number of likely N-dealkylation sites (tertiary alicyclic amines) is 2. The summed E-state index contributed by atoms with van der Waals surface area (Å²) in [5.74, 6) is 3.13. The normalized spacial score (nSPS) is 21.0. The number of hydrogen-bond donors (Lipinski definition) is 1. The molecule has 1 saturated carbocycles. The first-order chi connectivity index (χ1) is 64.0. The fourth-order valence-corrected chi connectivity index (χ4v) is 23.7. The highest BCUT2D eigenvalue weighted by molar-refractivity contribution is 9.10. The first-order valence-corrected chi connectivity index (χ1v) is 48.8. The number of nitrogens with zero attached hydrogens (tertiary/aromatic N) is 10. The molecule has 132 heavy (non-hydrogen) atoms. The van der Waals surface area contributed by atoms with Crippen LogP contribution in [0, 0.1) is 24.5 Å². The van der Waals surface area contributed by atoms with Crippen LogP contribution in [0.3, 0.4) is 0 Å². The number of aryl methyl sites for hydroxylation is 5. The van der Waals surface area contributed by atoms with E-state index in [9.17, 15) is 42.7 Å². The lowest BCUT2D eigenvalue weighted by atomic mass is 9.80. The summed E-state index contributed by atoms with van der Waals surface area (Å²) in [7, 11) is 3.36. The van der Waals surface area contributed by atoms with Crippen LogP contribution in [-0.2, 0) is 54.2 Å². The van der Waals surface area contributed by atoms with Gasteiger partial charge in [0.2, 0.25) is 11.8 Å². The number of ether oxygens (including phenoxy) is 3. The maximum atomic E-state index is 13.4. The monoisotopic (exact) mass is 1850 g/mol. The second-order valence-electron chi connectivity index (χ2n) is 38.1. The van der Waals surface area contributed by atoms with Crippen molar-refractivity contribution in [1.82, 2.24) is 37.9 Å². The maximum absolute atomic E-state index is 13.4. The molecule has 0 radical (unpaired) electrons. The molecule has 0 spiro atoms. The lowest BCUT2D eigenvalue weighted by molar-refractivity contribution is -0.118. The number of aromatic nitrogens is 4. The number of carbonyl (C=O) groups is 6. The number of benzene rings is 8. The van der Waals surface area contributed by atoms with Gasteiger partial charge in [0.1, 0.15) is 35.0 Å². The Morgan fingerprint density at radius 3 is 1.29 bits per heavy atom. The van der Waals surface area contributed by atoms with Gasteiger partial charge in [-0.15, -0.1) is 0 Å². The minimum absolute atomic E-state index is 0.0566. The summed E-state index contributed by atoms with van der Waals surface area (Å²) < 4.78 is 53.8. The van der Waals surface area contributed by atoms with Crippen LogP contribution in [0.2, 0.25) is 0 Å². The van der Waals surface area contributed by atoms with E-state index >= 15 is 0 Å². The zero-order valence-corrected chi connectivity index (χ0v) is 78.5. The number of piperidine rings is 4. The first-order valence-electron chi connectivity index (χ1n) is 48.0. The van der Waals surface area contributed by atoms with Gasteiger partial charge in [-0.1, -0.05) is 103 Å². The molecule has 4 aromatic heterocycles. The van der Waals surface area contributed by atoms with E-state index < -0.39 is 5.60 Å². The number of carbonyl (C=O) groups excluding carboxylic acids is 6. The van der Waals surface area contributed by atoms with Gasteiger partial charge in [0, 0.05) is 192 Å². The average Bonchev–Trinajstić information content (AvgIpc) is 1.55. The predicted molar refractivity (Wildman–Crippen MR) is 520 cm³/mol. The predicted octanol–water partition coefficient (Wildman–Crippen LogP) is 20.4. The third kappa shape index (κ3) is 19.5. The number of rotatable bonds is 28. The average molecular weight is 1850 g/mol. The van der Waals surface area contributed by atoms with E-state index in [0.717, 1.165) is 279 Å². The van der Waals surface area contributed by atoms with Crippen LogP contribution in [-0.4, -0.2) is 187 Å². The van der Waals surface area contributed by atoms with Gasteiger partial charge in [0.05, 0.1) is 54.7 Å². The maximum Gasteiger partial charge on any atom is 0.231 e. The molecule has 12 aromatic rings. The largest absolute Gasteiger partial charge is 0.495 e. The molecule has 7 fully saturated rings. The zero-order valence-electron chi connectivity index (χ0n) is 76.9. The topological polar surface area (TPSA) is 190 Å². The summed E-state index contributed by atoms with van der Waals surface area (Å²) >= 11 is 3.66. The van der Waals surface area contributed by atoms with Crippen LogP contribution in [0.5, 0.6) is 17.2 Å². The highest BCUT2D eigenvalue weighted by Crippen LogP contribution is 2.48. The summed E-state index contributed by atoms with van der Waals surface area (Å²) in [6, 6.07) is 55.6. The number of amides is 2. The second-order valence-corrected chi connectivity index (χ2v) is 39.0. The molecule has 4 bridgehead atoms. The zero-order chi connectivity index (χ0) is 91.6. The van der Waals surface area contributed by atoms with Gasteiger partial charge < -0.3 is 57.2 Å². The molecule has 20 nitrogen and oxygen atoms in total. The third-order valence-electron chi connectivity index (χ3n) is 29.7. The standard InChI is InChI=1S/C29H33N3O3.C27H31FN2O3.C27H31FN2O2.C26H28BrN3O2/c1-35-26-9-4-7-23-24(29(34)20-10-11-20)19-31(28(23)26)15-5-14-30-16-12-22(13-17-30)32-25-8-3-2-6-21(25)18-27(32)33;1-18(31)24-17-29(26-23(24)5-3-6-25(26)33-2)13-4-14-30-21-11-12-22(30)16-27(32,15-21)19-7-9-20(28)10-8-19;1-18-5-3-6-25-26(19(2)31)17-29(27(18)25)13-4-14-30-21-9-10-22(30)16-24(15-21)32-23-11-7-20(28)8-12-23;1-18(31)22-17-29(26-21(22)7-4-8-23(26)27)13-5-12-28-14-10-20(11-15-28)30-24-9-3-2-6-19(24)16-25(30)32/h2-4,6-9,19-20,22H,5,10-18H2,1H3;3,5-10,17,21-22,32H,4,11-16H2,1-2H3;3,5-8,11-12,17,21-22,24H,4,9-10,13-16H2,1-2H3;2-4,6-9,17,20H,5,10-16H2,1H3. The molecule has 21 rings (SSSR count). The van der Waals surface area contributed by atoms with Crippen LogP contribution < -0.4 is 24.0 Å². The molecule has 8 aliphatic heterocycles. The van der Waals surface area contributed by atoms with Crippen molar-refractivity contribution in [2.45, 2.75) is 230 Å². The van der Waals surface area contributed by atoms with Crippen LogP contribution in [0.1, 0.15) is 200 Å². The van der Waals surface area contributed by atoms with E-state index in [4.69, 9.17) is 14.2 Å². The van der Waals surface area contributed by atoms with Crippen molar-refractivity contribution in [2.75, 3.05) is 76.4 Å². The molecule has 8 aromatic carbocycles. The molecular formula is C109H123BrF2N10O10. The molecule has 12 heterocycles. The van der Waals surface area contributed by atoms with Crippen molar-refractivity contribution in [3.63, 3.8) is 0 Å². The summed E-state index contributed by atoms with van der Waals surface area (Å²) in [4.78, 5) is 88.9. The molecule has 1 aliphatic carbocycles. The summed E-state index contributed by atoms with van der Waals surface area (Å²) in [6.07, 6.45) is 27.5. The highest BCUT2D eigenvalue weighted by Gasteiger charge is 2.49. The Bertz CT molecular complexity index is 6210. The minimum Gasteiger partial charge on any atom is -0.495 e. The van der Waals surface area contributed by atoms with Crippen LogP contribution in [0.4, 0.5) is 20.2 Å². The Kier molecular flexibility index (Phi) is 27.8. The van der Waals surface area contributed by atoms with Gasteiger partial charge in [0.25, 0.3) is 0 Å². The van der Waals surface area contributed by atoms with Gasteiger partial charge in [-0.25, -0.2) is 8.78 Å². The molecule has 4 unspecified atom stereocenters. The second kappa shape index (κ2) is 40.1. The number of ketones is 4. The molecule has 690 valence electrons. The lowest BCUT2D eigenvalue weighted by Crippen LogP contribution is -2.49. The Morgan fingerprint density at radius 1 is 0.424 bits per heavy atom. The summed E-state index contributed by atoms with van der Waals surface area (Å²) in [6.45, 7) is 18.6. The summed E-state index contributed by atoms with van der Waals surface area (Å²) in [5.41, 5.74) is 13.2. The molecule has 23 heteroatoms. The summed E-state index contributed by atoms with van der Waals surface area (Å²) in [5, 5.41) is 15.4. The van der Waals surface area contributed by atoms with Crippen LogP contribution in [0.25, 0.3) is 43.6 Å². The molecule has 1 N–H and O–H groups in total. The smallest absolute Gasteiger partial charge is 0.231 e. The molecular weight excluding hydrogens is 1730 g/mol. The number of aliphatic hydroxyl groups is 1. The number of hydrogen-bond acceptors (Lipinski definition) is 14. The Balaban J connectivity index is 0.000000118. The van der Waals surface area contributed by atoms with Gasteiger partial charge in [0.15, 0.2) is 23.1 Å². The van der Waals surface area contributed by atoms with Gasteiger partial charge in [-0.2, -0.15) is 0 Å². The first kappa shape index (κ1) is 91.6. The van der Waals surface area contributed by atoms with Gasteiger partial charge in [-0.05, 0) is 261 Å². The number of para-hydroxylation sites is 6. The van der Waals surface area contributed by atoms with Crippen molar-refractivity contribution in [2.24, 2.45) is 5.92 Å². The molecule has 2 amide bonds. The fraction of sp³-hybridized carbons (Fsp3) is 0.431. The van der Waals surface area contributed by atoms with E-state index in [1.165, 1.54) is 48.2 Å². The lowest BCUT2D eigenvalue weighted by Gasteiger charge is -2.44. The van der Waals surface area contributed by atoms with Gasteiger partial charge >= 0.3 is 0 Å². The Hall–Kier alpha value is -10.9. The number of halogens is 3. The van der Waals surface area contributed by atoms with E-state index in [-0.39, 0.29) is 58.6 Å². The van der Waals surface area contributed by atoms with Crippen molar-refractivity contribution in [3.05, 3.63) is 255 Å². The minimum atomic E-state index is -0.879. The SMILES string of the molecule is CC(=O)c1cn(CCCN2C3CCC2CC(Oc2ccc(F)cc2)C3)c2c(C)cccc12.CC(=O)c1cn(CCCN2CCC(N3C(=O)Cc4ccccc43)CC2)c2c(Br)cccc12.COc1cccc2c(C(=O)C3CC3)cn(CCCN3CCC(N4C(=O)Cc5ccccc54)CC3)c12.COc1cccc2c(C(C)=O)cn(CCCN3C4CCC3CC(O)(c3ccc(F)cc3)C4)c12. The van der Waals surface area contributed by atoms with E-state index in [0.29, 0.717) is 61.9 Å². The molecule has 4 atom stereocenters. The highest BCUT2D eigenvalue weighted by atomic mass is 79.9. The molecule has 6 saturated heterocycles. The van der Waals surface area contributed by atoms with E-state index in [2.05, 4.69) is 113 Å². The number of Topliss-reactive ketones (excluding diaryl/α,β-unsaturated/α-hetero) is 4. The van der Waals surface area contributed by atoms with E-state index in [1.807, 2.05) is 104 Å². The van der Waals surface area contributed by atoms with Crippen molar-refractivity contribution in [3.8, 4) is 17.2 Å². The van der Waals surface area contributed by atoms with E-state index in [1.54, 1.807) is 59.3 Å². The van der Waals surface area contributed by atoms with Crippen molar-refractivity contribution < 1.29 is 56.9 Å². The van der Waals surface area contributed by atoms with Crippen LogP contribution >= 0.6 is 15.9 Å². The van der Waals surface area contributed by atoms with Crippen molar-refractivity contribution in [1.29, 1.82) is 0 Å². The molecule has 9 aliphatic rings. The Morgan fingerprint density at radius 2 is 0.818 bits per heavy atom. The van der Waals surface area contributed by atoms with Gasteiger partial charge in [-0.3, -0.25) is 38.6 Å². The number of fused-ring (bicyclic) bond motifs is 10. The van der Waals surface area contributed by atoms with Crippen molar-refractivity contribution >= 4 is 106 Å². The van der Waals surface area contributed by atoms with Crippen LogP contribution in [0.15, 0.2) is 199 Å². The quantitative estimate of drug-likeness (QED) is 0.0456. The number of anilines is 2. The fourth-order valence-electron chi connectivity index (χ4n) is 23.2. The number of methoxy groups -OCH3 is 2.